The number of hydrogen-bond acceptors (Lipinski definition) is 5. The van der Waals surface area contributed by atoms with E-state index < -0.39 is 0 Å². The van der Waals surface area contributed by atoms with Crippen LogP contribution in [0.1, 0.15) is 41.5 Å². The molecule has 7 nitrogen and oxygen atoms in total. The lowest BCUT2D eigenvalue weighted by molar-refractivity contribution is 0.0599. The third-order valence-electron chi connectivity index (χ3n) is 4.18. The van der Waals surface area contributed by atoms with Crippen LogP contribution in [0.15, 0.2) is 43.0 Å². The summed E-state index contributed by atoms with van der Waals surface area (Å²) in [6.45, 7) is 0.710. The quantitative estimate of drug-likeness (QED) is 0.722. The van der Waals surface area contributed by atoms with Crippen molar-refractivity contribution in [3.8, 4) is 0 Å². The Hall–Kier alpha value is -2.83. The fourth-order valence-electron chi connectivity index (χ4n) is 3.05. The summed E-state index contributed by atoms with van der Waals surface area (Å²) in [6, 6.07) is 5.35. The zero-order valence-corrected chi connectivity index (χ0v) is 12.5. The monoisotopic (exact) mass is 308 g/mol. The normalized spacial score (nSPS) is 18.3. The van der Waals surface area contributed by atoms with Gasteiger partial charge in [0.2, 0.25) is 5.78 Å². The predicted octanol–water partition coefficient (Wildman–Crippen LogP) is 1.89. The van der Waals surface area contributed by atoms with Gasteiger partial charge in [0.25, 0.3) is 5.91 Å². The molecule has 0 spiro atoms. The summed E-state index contributed by atoms with van der Waals surface area (Å²) in [5, 5.41) is 7.75. The summed E-state index contributed by atoms with van der Waals surface area (Å²) in [6.07, 6.45) is 10.0. The molecule has 1 fully saturated rings. The number of fused-ring (bicyclic) bond motifs is 1. The van der Waals surface area contributed by atoms with Crippen molar-refractivity contribution >= 4 is 11.7 Å². The molecular weight excluding hydrogens is 292 g/mol. The largest absolute Gasteiger partial charge is 0.329 e. The average molecular weight is 308 g/mol. The van der Waals surface area contributed by atoms with Gasteiger partial charge >= 0.3 is 0 Å². The van der Waals surface area contributed by atoms with Crippen molar-refractivity contribution in [3.05, 3.63) is 54.4 Å². The third-order valence-corrected chi connectivity index (χ3v) is 4.18. The molecule has 0 N–H and O–H groups in total. The smallest absolute Gasteiger partial charge is 0.274 e. The molecule has 1 amide bonds. The van der Waals surface area contributed by atoms with Crippen LogP contribution in [0.3, 0.4) is 0 Å². The zero-order chi connectivity index (χ0) is 15.6. The van der Waals surface area contributed by atoms with E-state index >= 15 is 0 Å². The summed E-state index contributed by atoms with van der Waals surface area (Å²) in [5.74, 6) is 0.563. The number of nitrogens with zero attached hydrogens (tertiary/aromatic N) is 6. The topological polar surface area (TPSA) is 76.3 Å². The van der Waals surface area contributed by atoms with E-state index in [2.05, 4.69) is 20.2 Å². The Morgan fingerprint density at radius 2 is 2.13 bits per heavy atom. The van der Waals surface area contributed by atoms with E-state index in [0.29, 0.717) is 18.0 Å². The van der Waals surface area contributed by atoms with Gasteiger partial charge in [0.15, 0.2) is 5.69 Å². The van der Waals surface area contributed by atoms with Gasteiger partial charge in [-0.3, -0.25) is 9.20 Å². The molecule has 1 aliphatic heterocycles. The molecule has 1 atom stereocenters. The van der Waals surface area contributed by atoms with Gasteiger partial charge in [0, 0.05) is 31.3 Å². The predicted molar refractivity (Wildman–Crippen MR) is 82.6 cm³/mol. The highest BCUT2D eigenvalue weighted by atomic mass is 16.2. The molecule has 23 heavy (non-hydrogen) atoms. The maximum absolute atomic E-state index is 12.8. The molecule has 0 unspecified atom stereocenters. The Labute approximate surface area is 133 Å². The first-order chi connectivity index (χ1) is 11.3. The number of carbonyl (C=O) groups is 1. The van der Waals surface area contributed by atoms with Crippen molar-refractivity contribution in [1.29, 1.82) is 0 Å². The van der Waals surface area contributed by atoms with Crippen LogP contribution in [0.5, 0.6) is 0 Å². The minimum atomic E-state index is -0.0900. The molecule has 7 heteroatoms. The highest BCUT2D eigenvalue weighted by Gasteiger charge is 2.30. The molecule has 0 bridgehead atoms. The zero-order valence-electron chi connectivity index (χ0n) is 12.5. The van der Waals surface area contributed by atoms with Crippen molar-refractivity contribution in [2.45, 2.75) is 25.3 Å². The molecule has 0 saturated carbocycles. The van der Waals surface area contributed by atoms with Gasteiger partial charge in [0.05, 0.1) is 11.7 Å². The molecule has 1 saturated heterocycles. The van der Waals surface area contributed by atoms with Gasteiger partial charge in [0.1, 0.15) is 0 Å². The van der Waals surface area contributed by atoms with Crippen molar-refractivity contribution < 1.29 is 4.79 Å². The van der Waals surface area contributed by atoms with Crippen molar-refractivity contribution in [2.75, 3.05) is 6.54 Å². The Morgan fingerprint density at radius 3 is 3.00 bits per heavy atom. The summed E-state index contributed by atoms with van der Waals surface area (Å²) < 4.78 is 1.86. The third kappa shape index (κ3) is 2.54. The standard InChI is InChI=1S/C16H16N6O/c23-15(13-4-3-7-18-20-13)22-9-2-1-5-14(22)12-6-10-21-11-8-17-16(21)19-12/h3-4,6-8,10-11,14H,1-2,5,9H2/t14-/m1/s1. The van der Waals surface area contributed by atoms with Crippen LogP contribution in [0, 0.1) is 0 Å². The second-order valence-corrected chi connectivity index (χ2v) is 5.61. The number of aromatic nitrogens is 5. The van der Waals surface area contributed by atoms with Crippen LogP contribution in [0.25, 0.3) is 5.78 Å². The summed E-state index contributed by atoms with van der Waals surface area (Å²) >= 11 is 0. The van der Waals surface area contributed by atoms with E-state index in [9.17, 15) is 4.79 Å². The molecule has 1 aliphatic rings. The molecule has 0 aromatic carbocycles. The molecule has 3 aromatic rings. The van der Waals surface area contributed by atoms with Crippen LogP contribution >= 0.6 is 0 Å². The second-order valence-electron chi connectivity index (χ2n) is 5.61. The Morgan fingerprint density at radius 1 is 1.17 bits per heavy atom. The maximum atomic E-state index is 12.8. The fraction of sp³-hybridized carbons (Fsp3) is 0.312. The highest BCUT2D eigenvalue weighted by molar-refractivity contribution is 5.92. The van der Waals surface area contributed by atoms with E-state index in [1.165, 1.54) is 0 Å². The lowest BCUT2D eigenvalue weighted by atomic mass is 9.98. The molecule has 116 valence electrons. The summed E-state index contributed by atoms with van der Waals surface area (Å²) in [4.78, 5) is 23.5. The molecule has 4 rings (SSSR count). The molecule has 0 radical (unpaired) electrons. The van der Waals surface area contributed by atoms with E-state index in [-0.39, 0.29) is 11.9 Å². The summed E-state index contributed by atoms with van der Waals surface area (Å²) in [5.41, 5.74) is 1.25. The first kappa shape index (κ1) is 13.8. The van der Waals surface area contributed by atoms with E-state index in [1.54, 1.807) is 24.5 Å². The number of likely N-dealkylation sites (tertiary alicyclic amines) is 1. The van der Waals surface area contributed by atoms with Crippen LogP contribution in [-0.2, 0) is 0 Å². The van der Waals surface area contributed by atoms with Crippen LogP contribution < -0.4 is 0 Å². The van der Waals surface area contributed by atoms with Crippen molar-refractivity contribution in [3.63, 3.8) is 0 Å². The average Bonchev–Trinajstić information content (AvgIpc) is 3.09. The Balaban J connectivity index is 1.68. The van der Waals surface area contributed by atoms with Gasteiger partial charge in [-0.25, -0.2) is 9.97 Å². The lowest BCUT2D eigenvalue weighted by Crippen LogP contribution is -2.39. The SMILES string of the molecule is O=C(c1cccnn1)N1CCCC[C@@H]1c1ccn2ccnc2n1. The molecular formula is C16H16N6O. The van der Waals surface area contributed by atoms with E-state index in [0.717, 1.165) is 25.0 Å². The van der Waals surface area contributed by atoms with Crippen LogP contribution in [-0.4, -0.2) is 41.9 Å². The number of imidazole rings is 1. The Kier molecular flexibility index (Phi) is 3.45. The van der Waals surface area contributed by atoms with E-state index in [1.807, 2.05) is 27.8 Å². The van der Waals surface area contributed by atoms with Crippen LogP contribution in [0.2, 0.25) is 0 Å². The van der Waals surface area contributed by atoms with Crippen molar-refractivity contribution in [2.24, 2.45) is 0 Å². The number of carbonyl (C=O) groups excluding carboxylic acids is 1. The minimum Gasteiger partial charge on any atom is -0.329 e. The second kappa shape index (κ2) is 5.75. The van der Waals surface area contributed by atoms with Gasteiger partial charge in [-0.15, -0.1) is 5.10 Å². The molecule has 0 aliphatic carbocycles. The fourth-order valence-corrected chi connectivity index (χ4v) is 3.05. The number of amides is 1. The van der Waals surface area contributed by atoms with Gasteiger partial charge < -0.3 is 4.90 Å². The number of piperidine rings is 1. The maximum Gasteiger partial charge on any atom is 0.274 e. The first-order valence-corrected chi connectivity index (χ1v) is 7.71. The van der Waals surface area contributed by atoms with Crippen LogP contribution in [0.4, 0.5) is 0 Å². The lowest BCUT2D eigenvalue weighted by Gasteiger charge is -2.35. The van der Waals surface area contributed by atoms with E-state index in [4.69, 9.17) is 0 Å². The van der Waals surface area contributed by atoms with Crippen molar-refractivity contribution in [1.82, 2.24) is 29.5 Å². The van der Waals surface area contributed by atoms with Gasteiger partial charge in [-0.1, -0.05) is 0 Å². The highest BCUT2D eigenvalue weighted by Crippen LogP contribution is 2.30. The van der Waals surface area contributed by atoms with Gasteiger partial charge in [-0.2, -0.15) is 5.10 Å². The van der Waals surface area contributed by atoms with Gasteiger partial charge in [-0.05, 0) is 37.5 Å². The number of rotatable bonds is 2. The summed E-state index contributed by atoms with van der Waals surface area (Å²) in [7, 11) is 0. The molecule has 3 aromatic heterocycles. The molecule has 4 heterocycles. The first-order valence-electron chi connectivity index (χ1n) is 7.71. The minimum absolute atomic E-state index is 0.0417. The Bertz CT molecular complexity index is 831. The number of hydrogen-bond donors (Lipinski definition) is 0.